The Morgan fingerprint density at radius 3 is 2.18 bits per heavy atom. The summed E-state index contributed by atoms with van der Waals surface area (Å²) >= 11 is 0. The van der Waals surface area contributed by atoms with Gasteiger partial charge in [-0.05, 0) is 17.7 Å². The van der Waals surface area contributed by atoms with Crippen LogP contribution in [0.3, 0.4) is 0 Å². The lowest BCUT2D eigenvalue weighted by atomic mass is 10.1. The molecular weight excluding hydrogens is 300 g/mol. The van der Waals surface area contributed by atoms with Crippen molar-refractivity contribution in [1.29, 1.82) is 0 Å². The second-order valence-electron chi connectivity index (χ2n) is 4.90. The Morgan fingerprint density at radius 1 is 0.818 bits per heavy atom. The van der Waals surface area contributed by atoms with Crippen LogP contribution in [0.4, 0.5) is 0 Å². The maximum absolute atomic E-state index is 12.2. The van der Waals surface area contributed by atoms with Crippen LogP contribution in [-0.2, 0) is 15.9 Å². The van der Waals surface area contributed by atoms with Crippen LogP contribution in [0, 0.1) is 0 Å². The average molecular weight is 314 g/mol. The monoisotopic (exact) mass is 314 g/mol. The molecule has 0 aliphatic carbocycles. The number of hydrogen-bond acceptors (Lipinski definition) is 4. The van der Waals surface area contributed by atoms with Crippen LogP contribution < -0.4 is 4.18 Å². The first-order chi connectivity index (χ1) is 10.6. The summed E-state index contributed by atoms with van der Waals surface area (Å²) in [5, 5.41) is 10.9. The number of hydrogen-bond donors (Lipinski definition) is 1. The highest BCUT2D eigenvalue weighted by atomic mass is 32.2. The Morgan fingerprint density at radius 2 is 1.45 bits per heavy atom. The van der Waals surface area contributed by atoms with Crippen LogP contribution in [0.2, 0.25) is 0 Å². The molecule has 3 rings (SSSR count). The molecule has 22 heavy (non-hydrogen) atoms. The van der Waals surface area contributed by atoms with Crippen molar-refractivity contribution in [1.82, 2.24) is 0 Å². The fourth-order valence-corrected chi connectivity index (χ4v) is 3.35. The second kappa shape index (κ2) is 5.69. The van der Waals surface area contributed by atoms with Crippen LogP contribution in [0.25, 0.3) is 10.8 Å². The molecular formula is C17H14O4S. The zero-order valence-corrected chi connectivity index (χ0v) is 12.5. The van der Waals surface area contributed by atoms with Gasteiger partial charge in [-0.15, -0.1) is 0 Å². The van der Waals surface area contributed by atoms with Crippen LogP contribution in [0.5, 0.6) is 11.5 Å². The Balaban J connectivity index is 1.94. The minimum absolute atomic E-state index is 0.0865. The highest BCUT2D eigenvalue weighted by molar-refractivity contribution is 7.86. The normalized spacial score (nSPS) is 11.5. The predicted octanol–water partition coefficient (Wildman–Crippen LogP) is 3.45. The molecule has 0 saturated carbocycles. The van der Waals surface area contributed by atoms with Crippen molar-refractivity contribution in [3.63, 3.8) is 0 Å². The molecule has 0 aromatic heterocycles. The van der Waals surface area contributed by atoms with E-state index in [1.54, 1.807) is 48.5 Å². The van der Waals surface area contributed by atoms with Crippen molar-refractivity contribution < 1.29 is 17.7 Å². The van der Waals surface area contributed by atoms with Gasteiger partial charge in [0.05, 0.1) is 0 Å². The van der Waals surface area contributed by atoms with Gasteiger partial charge in [0, 0.05) is 10.8 Å². The third-order valence-electron chi connectivity index (χ3n) is 3.26. The lowest BCUT2D eigenvalue weighted by molar-refractivity contribution is 0.475. The average Bonchev–Trinajstić information content (AvgIpc) is 2.51. The molecule has 0 aliphatic rings. The standard InChI is InChI=1S/C17H14O4S/c18-16-10-11-17(15-9-5-4-8-14(15)16)21-22(19,20)12-13-6-2-1-3-7-13/h1-11,18H,12H2. The van der Waals surface area contributed by atoms with Crippen molar-refractivity contribution in [3.05, 3.63) is 72.3 Å². The van der Waals surface area contributed by atoms with Crippen molar-refractivity contribution >= 4 is 20.9 Å². The Bertz CT molecular complexity index is 902. The summed E-state index contributed by atoms with van der Waals surface area (Å²) < 4.78 is 29.7. The largest absolute Gasteiger partial charge is 0.507 e. The van der Waals surface area contributed by atoms with Crippen molar-refractivity contribution in [2.24, 2.45) is 0 Å². The van der Waals surface area contributed by atoms with Gasteiger partial charge in [0.15, 0.2) is 5.75 Å². The molecule has 5 heteroatoms. The summed E-state index contributed by atoms with van der Waals surface area (Å²) in [4.78, 5) is 0. The Hall–Kier alpha value is -2.53. The summed E-state index contributed by atoms with van der Waals surface area (Å²) in [7, 11) is -3.77. The van der Waals surface area contributed by atoms with Gasteiger partial charge >= 0.3 is 10.1 Å². The van der Waals surface area contributed by atoms with Gasteiger partial charge in [0.2, 0.25) is 0 Å². The molecule has 0 fully saturated rings. The highest BCUT2D eigenvalue weighted by Crippen LogP contribution is 2.33. The Labute approximate surface area is 128 Å². The van der Waals surface area contributed by atoms with E-state index in [-0.39, 0.29) is 17.3 Å². The number of fused-ring (bicyclic) bond motifs is 1. The minimum Gasteiger partial charge on any atom is -0.507 e. The van der Waals surface area contributed by atoms with Crippen LogP contribution in [0.1, 0.15) is 5.56 Å². The molecule has 0 heterocycles. The zero-order chi connectivity index (χ0) is 15.6. The lowest BCUT2D eigenvalue weighted by Crippen LogP contribution is -2.12. The lowest BCUT2D eigenvalue weighted by Gasteiger charge is -2.10. The van der Waals surface area contributed by atoms with Gasteiger partial charge in [0.25, 0.3) is 0 Å². The maximum Gasteiger partial charge on any atom is 0.313 e. The third kappa shape index (κ3) is 3.04. The van der Waals surface area contributed by atoms with E-state index in [1.165, 1.54) is 12.1 Å². The second-order valence-corrected chi connectivity index (χ2v) is 6.47. The molecule has 0 unspecified atom stereocenters. The van der Waals surface area contributed by atoms with Gasteiger partial charge in [-0.3, -0.25) is 0 Å². The topological polar surface area (TPSA) is 63.6 Å². The quantitative estimate of drug-likeness (QED) is 0.749. The van der Waals surface area contributed by atoms with Gasteiger partial charge in [-0.1, -0.05) is 54.6 Å². The summed E-state index contributed by atoms with van der Waals surface area (Å²) in [6, 6.07) is 18.7. The molecule has 0 radical (unpaired) electrons. The van der Waals surface area contributed by atoms with Crippen LogP contribution in [0.15, 0.2) is 66.7 Å². The first-order valence-electron chi connectivity index (χ1n) is 6.72. The van der Waals surface area contributed by atoms with Gasteiger partial charge in [0.1, 0.15) is 11.5 Å². The molecule has 0 bridgehead atoms. The molecule has 1 N–H and O–H groups in total. The first kappa shape index (κ1) is 14.4. The number of phenols is 1. The molecule has 4 nitrogen and oxygen atoms in total. The van der Waals surface area contributed by atoms with E-state index in [4.69, 9.17) is 4.18 Å². The first-order valence-corrected chi connectivity index (χ1v) is 8.30. The number of aromatic hydroxyl groups is 1. The number of rotatable bonds is 4. The number of benzene rings is 3. The summed E-state index contributed by atoms with van der Waals surface area (Å²) in [6.45, 7) is 0. The number of phenolic OH excluding ortho intramolecular Hbond substituents is 1. The van der Waals surface area contributed by atoms with Crippen molar-refractivity contribution in [3.8, 4) is 11.5 Å². The van der Waals surface area contributed by atoms with Crippen LogP contribution in [-0.4, -0.2) is 13.5 Å². The van der Waals surface area contributed by atoms with E-state index in [1.807, 2.05) is 6.07 Å². The molecule has 0 spiro atoms. The SMILES string of the molecule is O=S(=O)(Cc1ccccc1)Oc1ccc(O)c2ccccc12. The molecule has 3 aromatic rings. The fourth-order valence-electron chi connectivity index (χ4n) is 2.27. The van der Waals surface area contributed by atoms with Crippen molar-refractivity contribution in [2.75, 3.05) is 0 Å². The van der Waals surface area contributed by atoms with Crippen molar-refractivity contribution in [2.45, 2.75) is 5.75 Å². The third-order valence-corrected chi connectivity index (χ3v) is 4.38. The smallest absolute Gasteiger partial charge is 0.313 e. The molecule has 3 aromatic carbocycles. The molecule has 112 valence electrons. The zero-order valence-electron chi connectivity index (χ0n) is 11.6. The van der Waals surface area contributed by atoms with Gasteiger partial charge < -0.3 is 9.29 Å². The molecule has 0 amide bonds. The highest BCUT2D eigenvalue weighted by Gasteiger charge is 2.16. The van der Waals surface area contributed by atoms with E-state index >= 15 is 0 Å². The fraction of sp³-hybridized carbons (Fsp3) is 0.0588. The van der Waals surface area contributed by atoms with E-state index in [2.05, 4.69) is 0 Å². The molecule has 0 atom stereocenters. The van der Waals surface area contributed by atoms with E-state index in [0.29, 0.717) is 16.3 Å². The van der Waals surface area contributed by atoms with E-state index in [0.717, 1.165) is 0 Å². The van der Waals surface area contributed by atoms with E-state index in [9.17, 15) is 13.5 Å². The predicted molar refractivity (Wildman–Crippen MR) is 85.3 cm³/mol. The van der Waals surface area contributed by atoms with Gasteiger partial charge in [-0.2, -0.15) is 8.42 Å². The summed E-state index contributed by atoms with van der Waals surface area (Å²) in [5.74, 6) is 0.0935. The Kier molecular flexibility index (Phi) is 3.73. The van der Waals surface area contributed by atoms with Gasteiger partial charge in [-0.25, -0.2) is 0 Å². The summed E-state index contributed by atoms with van der Waals surface area (Å²) in [6.07, 6.45) is 0. The van der Waals surface area contributed by atoms with Crippen LogP contribution >= 0.6 is 0 Å². The summed E-state index contributed by atoms with van der Waals surface area (Å²) in [5.41, 5.74) is 0.658. The molecule has 0 saturated heterocycles. The minimum atomic E-state index is -3.77. The molecule has 0 aliphatic heterocycles. The van der Waals surface area contributed by atoms with E-state index < -0.39 is 10.1 Å². The maximum atomic E-state index is 12.2.